The number of fused-ring (bicyclic) bond motifs is 3. The molecule has 0 unspecified atom stereocenters. The number of thiophene rings is 1. The molecule has 2 heterocycles. The number of furan rings is 1. The van der Waals surface area contributed by atoms with Crippen LogP contribution in [0.15, 0.2) is 46.9 Å². The van der Waals surface area contributed by atoms with Crippen LogP contribution in [-0.4, -0.2) is 29.8 Å². The number of aryl methyl sites for hydroxylation is 2. The van der Waals surface area contributed by atoms with Crippen molar-refractivity contribution < 1.29 is 14.0 Å². The zero-order valence-corrected chi connectivity index (χ0v) is 18.0. The summed E-state index contributed by atoms with van der Waals surface area (Å²) in [7, 11) is 0. The van der Waals surface area contributed by atoms with Crippen LogP contribution < -0.4 is 10.9 Å². The number of amides is 2. The van der Waals surface area contributed by atoms with Crippen molar-refractivity contribution in [2.24, 2.45) is 0 Å². The third kappa shape index (κ3) is 4.17. The van der Waals surface area contributed by atoms with Gasteiger partial charge in [-0.15, -0.1) is 11.3 Å². The maximum Gasteiger partial charge on any atom is 0.305 e. The molecule has 2 aromatic heterocycles. The molecular weight excluding hydrogens is 398 g/mol. The van der Waals surface area contributed by atoms with Crippen molar-refractivity contribution in [3.05, 3.63) is 70.0 Å². The number of hydrogen-bond acceptors (Lipinski definition) is 5. The molecule has 0 radical (unpaired) electrons. The van der Waals surface area contributed by atoms with E-state index < -0.39 is 5.91 Å². The molecule has 30 heavy (non-hydrogen) atoms. The van der Waals surface area contributed by atoms with Gasteiger partial charge in [0, 0.05) is 4.88 Å². The summed E-state index contributed by atoms with van der Waals surface area (Å²) < 4.78 is 5.62. The maximum atomic E-state index is 12.6. The molecule has 1 aliphatic rings. The average molecular weight is 424 g/mol. The number of hydrazine groups is 1. The standard InChI is InChI=1S/C23H25N3O3S/c1-3-26(4-2)14-17-11-12-19(29-17)22(27)24-25-23(28)20-13-16-10-9-15-7-5-6-8-18(15)21(16)30-20/h5-8,11-13H,3-4,9-10,14H2,1-2H3,(H,24,27)(H,25,28). The monoisotopic (exact) mass is 423 g/mol. The summed E-state index contributed by atoms with van der Waals surface area (Å²) in [5, 5.41) is 0. The van der Waals surface area contributed by atoms with Crippen LogP contribution >= 0.6 is 11.3 Å². The minimum absolute atomic E-state index is 0.178. The van der Waals surface area contributed by atoms with E-state index in [4.69, 9.17) is 4.42 Å². The van der Waals surface area contributed by atoms with Crippen molar-refractivity contribution in [2.75, 3.05) is 13.1 Å². The highest BCUT2D eigenvalue weighted by atomic mass is 32.1. The van der Waals surface area contributed by atoms with Gasteiger partial charge in [0.1, 0.15) is 5.76 Å². The molecule has 0 saturated heterocycles. The van der Waals surface area contributed by atoms with Gasteiger partial charge in [0.05, 0.1) is 11.4 Å². The Labute approximate surface area is 179 Å². The minimum atomic E-state index is -0.471. The van der Waals surface area contributed by atoms with Crippen molar-refractivity contribution in [1.82, 2.24) is 15.8 Å². The Morgan fingerprint density at radius 1 is 1.00 bits per heavy atom. The van der Waals surface area contributed by atoms with E-state index in [0.29, 0.717) is 11.4 Å². The van der Waals surface area contributed by atoms with Crippen molar-refractivity contribution in [3.63, 3.8) is 0 Å². The maximum absolute atomic E-state index is 12.6. The number of nitrogens with one attached hydrogen (secondary N) is 2. The van der Waals surface area contributed by atoms with Gasteiger partial charge >= 0.3 is 5.91 Å². The minimum Gasteiger partial charge on any atom is -0.454 e. The van der Waals surface area contributed by atoms with Crippen LogP contribution in [0, 0.1) is 0 Å². The summed E-state index contributed by atoms with van der Waals surface area (Å²) in [6.07, 6.45) is 1.90. The number of benzene rings is 1. The first-order valence-electron chi connectivity index (χ1n) is 10.2. The van der Waals surface area contributed by atoms with Gasteiger partial charge in [-0.05, 0) is 60.8 Å². The smallest absolute Gasteiger partial charge is 0.305 e. The number of hydrogen-bond donors (Lipinski definition) is 2. The van der Waals surface area contributed by atoms with Crippen LogP contribution in [0.25, 0.3) is 10.4 Å². The first-order valence-corrected chi connectivity index (χ1v) is 11.0. The molecule has 2 amide bonds. The molecule has 1 aromatic carbocycles. The fourth-order valence-electron chi connectivity index (χ4n) is 3.67. The first kappa shape index (κ1) is 20.4. The van der Waals surface area contributed by atoms with E-state index in [-0.39, 0.29) is 11.7 Å². The molecule has 0 bridgehead atoms. The predicted octanol–water partition coefficient (Wildman–Crippen LogP) is 4.02. The molecule has 7 heteroatoms. The summed E-state index contributed by atoms with van der Waals surface area (Å²) in [4.78, 5) is 28.8. The summed E-state index contributed by atoms with van der Waals surface area (Å²) in [6.45, 7) is 6.62. The first-order chi connectivity index (χ1) is 14.6. The summed E-state index contributed by atoms with van der Waals surface area (Å²) in [5.41, 5.74) is 8.65. The average Bonchev–Trinajstić information content (AvgIpc) is 3.43. The lowest BCUT2D eigenvalue weighted by Gasteiger charge is -2.15. The molecule has 0 fully saturated rings. The summed E-state index contributed by atoms with van der Waals surface area (Å²) in [6, 6.07) is 13.6. The van der Waals surface area contributed by atoms with Gasteiger partial charge in [-0.3, -0.25) is 25.3 Å². The van der Waals surface area contributed by atoms with Crippen LogP contribution in [0.1, 0.15) is 51.0 Å². The molecule has 1 aliphatic carbocycles. The van der Waals surface area contributed by atoms with E-state index in [1.807, 2.05) is 18.2 Å². The van der Waals surface area contributed by atoms with Crippen molar-refractivity contribution in [2.45, 2.75) is 33.2 Å². The van der Waals surface area contributed by atoms with Crippen molar-refractivity contribution in [1.29, 1.82) is 0 Å². The molecule has 0 atom stereocenters. The van der Waals surface area contributed by atoms with Gasteiger partial charge in [0.15, 0.2) is 5.76 Å². The normalized spacial score (nSPS) is 12.4. The van der Waals surface area contributed by atoms with Crippen LogP contribution in [0.3, 0.4) is 0 Å². The van der Waals surface area contributed by atoms with Gasteiger partial charge in [0.25, 0.3) is 5.91 Å². The number of nitrogens with zero attached hydrogens (tertiary/aromatic N) is 1. The number of rotatable bonds is 6. The Bertz CT molecular complexity index is 1070. The highest BCUT2D eigenvalue weighted by Crippen LogP contribution is 2.39. The van der Waals surface area contributed by atoms with Crippen LogP contribution in [0.5, 0.6) is 0 Å². The highest BCUT2D eigenvalue weighted by molar-refractivity contribution is 7.17. The van der Waals surface area contributed by atoms with Gasteiger partial charge in [-0.2, -0.15) is 0 Å². The zero-order chi connectivity index (χ0) is 21.1. The largest absolute Gasteiger partial charge is 0.454 e. The Morgan fingerprint density at radius 3 is 2.53 bits per heavy atom. The SMILES string of the molecule is CCN(CC)Cc1ccc(C(=O)NNC(=O)c2cc3c(s2)-c2ccccc2CC3)o1. The lowest BCUT2D eigenvalue weighted by Crippen LogP contribution is -2.41. The Hall–Kier alpha value is -2.90. The van der Waals surface area contributed by atoms with Gasteiger partial charge in [-0.25, -0.2) is 0 Å². The quantitative estimate of drug-likeness (QED) is 0.587. The molecule has 0 saturated carbocycles. The highest BCUT2D eigenvalue weighted by Gasteiger charge is 2.22. The van der Waals surface area contributed by atoms with E-state index in [1.54, 1.807) is 12.1 Å². The Balaban J connectivity index is 1.38. The molecule has 2 N–H and O–H groups in total. The zero-order valence-electron chi connectivity index (χ0n) is 17.2. The van der Waals surface area contributed by atoms with E-state index in [2.05, 4.69) is 41.7 Å². The molecule has 3 aromatic rings. The molecular formula is C23H25N3O3S. The molecule has 156 valence electrons. The van der Waals surface area contributed by atoms with E-state index in [1.165, 1.54) is 28.0 Å². The lowest BCUT2D eigenvalue weighted by atomic mass is 9.91. The second-order valence-electron chi connectivity index (χ2n) is 7.26. The Morgan fingerprint density at radius 2 is 1.73 bits per heavy atom. The predicted molar refractivity (Wildman–Crippen MR) is 117 cm³/mol. The van der Waals surface area contributed by atoms with Crippen LogP contribution in [0.2, 0.25) is 0 Å². The van der Waals surface area contributed by atoms with Crippen LogP contribution in [0.4, 0.5) is 0 Å². The van der Waals surface area contributed by atoms with E-state index in [0.717, 1.165) is 36.6 Å². The van der Waals surface area contributed by atoms with Gasteiger partial charge in [0.2, 0.25) is 0 Å². The second-order valence-corrected chi connectivity index (χ2v) is 8.31. The third-order valence-corrected chi connectivity index (χ3v) is 6.62. The molecule has 0 spiro atoms. The second kappa shape index (κ2) is 8.85. The topological polar surface area (TPSA) is 74.6 Å². The number of carbonyl (C=O) groups is 2. The van der Waals surface area contributed by atoms with Gasteiger partial charge < -0.3 is 4.42 Å². The third-order valence-electron chi connectivity index (χ3n) is 5.41. The van der Waals surface area contributed by atoms with Crippen molar-refractivity contribution >= 4 is 23.2 Å². The fraction of sp³-hybridized carbons (Fsp3) is 0.304. The van der Waals surface area contributed by atoms with Crippen molar-refractivity contribution in [3.8, 4) is 10.4 Å². The molecule has 4 rings (SSSR count). The van der Waals surface area contributed by atoms with E-state index in [9.17, 15) is 9.59 Å². The summed E-state index contributed by atoms with van der Waals surface area (Å²) >= 11 is 1.46. The number of carbonyl (C=O) groups excluding carboxylic acids is 2. The van der Waals surface area contributed by atoms with Gasteiger partial charge in [-0.1, -0.05) is 38.1 Å². The Kier molecular flexibility index (Phi) is 6.01. The molecule has 6 nitrogen and oxygen atoms in total. The van der Waals surface area contributed by atoms with Crippen LogP contribution in [-0.2, 0) is 19.4 Å². The fourth-order valence-corrected chi connectivity index (χ4v) is 4.84. The molecule has 0 aliphatic heterocycles. The van der Waals surface area contributed by atoms with E-state index >= 15 is 0 Å². The lowest BCUT2D eigenvalue weighted by molar-refractivity contribution is 0.0830. The summed E-state index contributed by atoms with van der Waals surface area (Å²) in [5.74, 6) is 0.104.